The third-order valence-electron chi connectivity index (χ3n) is 10.6. The Morgan fingerprint density at radius 3 is 2.37 bits per heavy atom. The molecule has 2 aliphatic heterocycles. The van der Waals surface area contributed by atoms with Crippen molar-refractivity contribution in [1.29, 1.82) is 0 Å². The number of H-pyrrole nitrogens is 1. The summed E-state index contributed by atoms with van der Waals surface area (Å²) in [6.07, 6.45) is -4.50. The van der Waals surface area contributed by atoms with Crippen molar-refractivity contribution in [3.63, 3.8) is 0 Å². The number of aliphatic hydroxyl groups excluding tert-OH is 1. The molecule has 4 aromatic heterocycles. The maximum atomic E-state index is 15.1. The molecule has 3 aliphatic rings. The van der Waals surface area contributed by atoms with Crippen molar-refractivity contribution >= 4 is 72.0 Å². The topological polar surface area (TPSA) is 331 Å². The molecule has 0 aromatic carbocycles. The Balaban J connectivity index is 1.31. The van der Waals surface area contributed by atoms with Gasteiger partial charge in [0.15, 0.2) is 28.9 Å². The van der Waals surface area contributed by atoms with E-state index in [1.807, 2.05) is 0 Å². The fourth-order valence-electron chi connectivity index (χ4n) is 7.23. The minimum absolute atomic E-state index is 0.0297. The average Bonchev–Trinajstić information content (AvgIpc) is 3.96. The average molecular weight is 945 g/mol. The van der Waals surface area contributed by atoms with Gasteiger partial charge in [-0.3, -0.25) is 42.0 Å². The van der Waals surface area contributed by atoms with Crippen LogP contribution in [0.15, 0.2) is 23.8 Å². The zero-order chi connectivity index (χ0) is 45.9. The van der Waals surface area contributed by atoms with Crippen molar-refractivity contribution in [2.24, 2.45) is 16.2 Å². The number of fused-ring (bicyclic) bond motifs is 5. The molecule has 0 unspecified atom stereocenters. The predicted molar refractivity (Wildman–Crippen MR) is 221 cm³/mol. The van der Waals surface area contributed by atoms with E-state index in [0.717, 1.165) is 0 Å². The summed E-state index contributed by atoms with van der Waals surface area (Å²) in [4.78, 5) is 61.8. The first-order valence-corrected chi connectivity index (χ1v) is 24.1. The Labute approximate surface area is 363 Å². The number of carbonyl (C=O) groups excluding carboxylic acids is 2. The van der Waals surface area contributed by atoms with Gasteiger partial charge >= 0.3 is 26.6 Å². The van der Waals surface area contributed by atoms with Crippen LogP contribution in [0.3, 0.4) is 0 Å². The number of phosphoric acid groups is 1. The smallest absolute Gasteiger partial charge is 0.454 e. The number of anilines is 2. The molecular weight excluding hydrogens is 894 g/mol. The Kier molecular flexibility index (Phi) is 12.9. The second-order valence-corrected chi connectivity index (χ2v) is 23.1. The van der Waals surface area contributed by atoms with E-state index in [2.05, 4.69) is 29.9 Å². The van der Waals surface area contributed by atoms with Crippen molar-refractivity contribution < 1.29 is 65.4 Å². The standard InChI is InChI=1S/C35H50N10O15P2S/c1-33(2,3)30(48)53-15-57-61(50)56-11-35(7)9-17(44-13-40-19-25(36)38-12-39-26(19)44)21(46)24(35)60-62(51,63-16-54-31(49)34(4,5)6)55-10-18-22(52-8)23(59-61)29(58-18)45-14-41-20-27(45)42-32(37)43-28(20)47/h12-14,17-18,21-24,29,46H,9-11,15-16H2,1-8H3,(H2,36,38,39)(H3,37,42,43,47)/t17-,18-,21+,22-,23-,24+,29-,35-,61+,62-/m1/s1. The van der Waals surface area contributed by atoms with E-state index in [1.165, 1.54) is 30.7 Å². The molecule has 7 rings (SSSR count). The fourth-order valence-corrected chi connectivity index (χ4v) is 11.5. The molecule has 63 heavy (non-hydrogen) atoms. The first-order chi connectivity index (χ1) is 29.5. The van der Waals surface area contributed by atoms with Crippen LogP contribution in [0.4, 0.5) is 11.8 Å². The van der Waals surface area contributed by atoms with Crippen LogP contribution in [0.5, 0.6) is 0 Å². The molecule has 0 radical (unpaired) electrons. The third kappa shape index (κ3) is 9.53. The summed E-state index contributed by atoms with van der Waals surface area (Å²) >= 11 is 0.534. The number of aromatic nitrogens is 8. The number of aliphatic hydroxyl groups is 1. The Morgan fingerprint density at radius 2 is 1.67 bits per heavy atom. The molecule has 25 nitrogen and oxygen atoms in total. The van der Waals surface area contributed by atoms with Crippen LogP contribution in [0.25, 0.3) is 22.3 Å². The highest BCUT2D eigenvalue weighted by molar-refractivity contribution is 8.55. The zero-order valence-corrected chi connectivity index (χ0v) is 38.2. The van der Waals surface area contributed by atoms with Crippen LogP contribution in [0, 0.1) is 16.2 Å². The van der Waals surface area contributed by atoms with Crippen molar-refractivity contribution in [3.8, 4) is 0 Å². The first kappa shape index (κ1) is 46.9. The van der Waals surface area contributed by atoms with Crippen LogP contribution in [0.2, 0.25) is 0 Å². The van der Waals surface area contributed by atoms with Gasteiger partial charge in [-0.05, 0) is 48.0 Å². The van der Waals surface area contributed by atoms with Gasteiger partial charge in [-0.2, -0.15) is 4.98 Å². The Bertz CT molecular complexity index is 2530. The van der Waals surface area contributed by atoms with Crippen LogP contribution >= 0.6 is 26.0 Å². The number of nitrogens with one attached hydrogen (secondary N) is 1. The van der Waals surface area contributed by atoms with Gasteiger partial charge in [-0.15, -0.1) is 0 Å². The van der Waals surface area contributed by atoms with Crippen molar-refractivity contribution in [2.45, 2.75) is 97.7 Å². The maximum absolute atomic E-state index is 15.1. The fraction of sp³-hybridized carbons (Fsp3) is 0.657. The molecule has 1 saturated carbocycles. The quantitative estimate of drug-likeness (QED) is 0.106. The van der Waals surface area contributed by atoms with Crippen LogP contribution in [-0.4, -0.2) is 120 Å². The molecule has 2 bridgehead atoms. The lowest BCUT2D eigenvalue weighted by Crippen LogP contribution is -2.39. The monoisotopic (exact) mass is 944 g/mol. The largest absolute Gasteiger partial charge is 0.478 e. The number of carbonyl (C=O) groups is 2. The summed E-state index contributed by atoms with van der Waals surface area (Å²) in [5.74, 6) is -1.98. The van der Waals surface area contributed by atoms with E-state index < -0.39 is 117 Å². The molecule has 346 valence electrons. The lowest BCUT2D eigenvalue weighted by molar-refractivity contribution is -0.161. The predicted octanol–water partition coefficient (Wildman–Crippen LogP) is 3.23. The third-order valence-corrected chi connectivity index (χ3v) is 15.3. The highest BCUT2D eigenvalue weighted by atomic mass is 32.7. The van der Waals surface area contributed by atoms with E-state index in [1.54, 1.807) is 53.0 Å². The summed E-state index contributed by atoms with van der Waals surface area (Å²) < 4.78 is 86.6. The molecule has 4 aromatic rings. The summed E-state index contributed by atoms with van der Waals surface area (Å²) in [5, 5.41) is 12.2. The zero-order valence-electron chi connectivity index (χ0n) is 35.6. The highest BCUT2D eigenvalue weighted by Gasteiger charge is 2.58. The lowest BCUT2D eigenvalue weighted by Gasteiger charge is -2.35. The number of hydrogen-bond acceptors (Lipinski definition) is 23. The summed E-state index contributed by atoms with van der Waals surface area (Å²) in [5.41, 5.74) is 8.29. The maximum Gasteiger partial charge on any atom is 0.478 e. The number of nitrogens with zero attached hydrogens (tertiary/aromatic N) is 7. The molecule has 0 amide bonds. The van der Waals surface area contributed by atoms with E-state index in [9.17, 15) is 19.5 Å². The van der Waals surface area contributed by atoms with Crippen LogP contribution in [-0.2, 0) is 60.3 Å². The Hall–Kier alpha value is -4.07. The van der Waals surface area contributed by atoms with E-state index in [0.29, 0.717) is 11.4 Å². The molecule has 0 spiro atoms. The number of nitrogen functional groups attached to an aromatic ring is 2. The van der Waals surface area contributed by atoms with Gasteiger partial charge in [0.25, 0.3) is 5.56 Å². The normalized spacial score (nSPS) is 31.9. The number of imidazole rings is 2. The number of rotatable bonds is 9. The molecule has 6 heterocycles. The second kappa shape index (κ2) is 17.4. The lowest BCUT2D eigenvalue weighted by atomic mass is 9.87. The number of methoxy groups -OCH3 is 1. The minimum atomic E-state index is -4.97. The molecule has 3 fully saturated rings. The molecule has 10 atom stereocenters. The highest BCUT2D eigenvalue weighted by Crippen LogP contribution is 2.66. The van der Waals surface area contributed by atoms with Crippen LogP contribution < -0.4 is 17.0 Å². The van der Waals surface area contributed by atoms with Crippen molar-refractivity contribution in [3.05, 3.63) is 29.3 Å². The molecule has 6 N–H and O–H groups in total. The van der Waals surface area contributed by atoms with Gasteiger partial charge in [-0.25, -0.2) is 33.6 Å². The van der Waals surface area contributed by atoms with E-state index >= 15 is 9.13 Å². The van der Waals surface area contributed by atoms with Gasteiger partial charge in [0, 0.05) is 23.9 Å². The number of ether oxygens (including phenoxy) is 4. The first-order valence-electron chi connectivity index (χ1n) is 19.5. The SMILES string of the molecule is CO[C@H]1[C@H]2O[P@](=O)(OCOC(=O)C(C)(C)C)OC[C@@]3(C)C[C@@H](n4cnc5c(N)ncnc54)[C@H](O)[C@@H]3O[P@](=O)(SCOC(=O)C(C)(C)C)OC[C@H]1O[C@H]2n1cnc2c(=O)[nH]c(N)nc21. The van der Waals surface area contributed by atoms with Gasteiger partial charge < -0.3 is 40.1 Å². The molecule has 1 aliphatic carbocycles. The molecule has 28 heteroatoms. The summed E-state index contributed by atoms with van der Waals surface area (Å²) in [6.45, 7) is 4.74. The Morgan fingerprint density at radius 1 is 0.984 bits per heavy atom. The number of phosphoric ester groups is 1. The number of aromatic amines is 1. The summed E-state index contributed by atoms with van der Waals surface area (Å²) in [7, 11) is -3.68. The second-order valence-electron chi connectivity index (χ2n) is 17.5. The van der Waals surface area contributed by atoms with Gasteiger partial charge in [0.2, 0.25) is 12.7 Å². The molecular formula is C35H50N10O15P2S. The number of esters is 2. The summed E-state index contributed by atoms with van der Waals surface area (Å²) in [6, 6.07) is -0.915. The van der Waals surface area contributed by atoms with Gasteiger partial charge in [0.05, 0.1) is 42.7 Å². The minimum Gasteiger partial charge on any atom is -0.454 e. The van der Waals surface area contributed by atoms with E-state index in [-0.39, 0.29) is 40.5 Å². The van der Waals surface area contributed by atoms with Crippen molar-refractivity contribution in [1.82, 2.24) is 39.0 Å². The van der Waals surface area contributed by atoms with E-state index in [4.69, 9.17) is 53.0 Å². The van der Waals surface area contributed by atoms with Gasteiger partial charge in [-0.1, -0.05) is 6.92 Å². The van der Waals surface area contributed by atoms with Crippen molar-refractivity contribution in [2.75, 3.05) is 44.5 Å². The van der Waals surface area contributed by atoms with Gasteiger partial charge in [0.1, 0.15) is 48.3 Å². The number of hydrogen-bond donors (Lipinski definition) is 4. The number of nitrogens with two attached hydrogens (primary N) is 2. The molecule has 2 saturated heterocycles. The van der Waals surface area contributed by atoms with Crippen LogP contribution in [0.1, 0.15) is 67.2 Å².